The zero-order valence-electron chi connectivity index (χ0n) is 18.0. The van der Waals surface area contributed by atoms with Crippen molar-refractivity contribution in [1.82, 2.24) is 14.3 Å². The molecule has 0 unspecified atom stereocenters. The van der Waals surface area contributed by atoms with Crippen molar-refractivity contribution in [3.05, 3.63) is 66.7 Å². The van der Waals surface area contributed by atoms with Crippen molar-refractivity contribution in [1.29, 1.82) is 0 Å². The third-order valence-corrected chi connectivity index (χ3v) is 7.42. The minimum atomic E-state index is -3.80. The second-order valence-electron chi connectivity index (χ2n) is 7.65. The predicted octanol–water partition coefficient (Wildman–Crippen LogP) is 4.04. The molecule has 2 aromatic carbocycles. The summed E-state index contributed by atoms with van der Waals surface area (Å²) in [4.78, 5) is 8.67. The van der Waals surface area contributed by atoms with Crippen LogP contribution in [0.4, 0.5) is 23.1 Å². The van der Waals surface area contributed by atoms with Gasteiger partial charge in [0.2, 0.25) is 10.0 Å². The van der Waals surface area contributed by atoms with Gasteiger partial charge in [-0.1, -0.05) is 18.2 Å². The van der Waals surface area contributed by atoms with Crippen molar-refractivity contribution in [3.63, 3.8) is 0 Å². The van der Waals surface area contributed by atoms with Gasteiger partial charge < -0.3 is 19.8 Å². The van der Waals surface area contributed by atoms with E-state index < -0.39 is 10.0 Å². The normalized spacial score (nSPS) is 14.9. The number of anilines is 4. The highest BCUT2D eigenvalue weighted by molar-refractivity contribution is 7.89. The molecular weight excluding hydrogens is 442 g/mol. The molecule has 170 valence electrons. The number of morpholine rings is 1. The Morgan fingerprint density at radius 1 is 1.03 bits per heavy atom. The Bertz CT molecular complexity index is 1380. The molecule has 33 heavy (non-hydrogen) atoms. The summed E-state index contributed by atoms with van der Waals surface area (Å²) in [6.45, 7) is 3.30. The minimum absolute atomic E-state index is 0.119. The molecule has 3 heterocycles. The quantitative estimate of drug-likeness (QED) is 0.439. The van der Waals surface area contributed by atoms with Crippen LogP contribution in [0.2, 0.25) is 0 Å². The lowest BCUT2D eigenvalue weighted by atomic mass is 10.1. The lowest BCUT2D eigenvalue weighted by Gasteiger charge is -2.27. The van der Waals surface area contributed by atoms with E-state index in [4.69, 9.17) is 9.15 Å². The van der Waals surface area contributed by atoms with Gasteiger partial charge in [0.25, 0.3) is 6.01 Å². The third-order valence-electron chi connectivity index (χ3n) is 5.51. The number of nitrogens with one attached hydrogen (secondary N) is 2. The first-order chi connectivity index (χ1) is 16.0. The predicted molar refractivity (Wildman–Crippen MR) is 126 cm³/mol. The van der Waals surface area contributed by atoms with E-state index in [0.29, 0.717) is 54.6 Å². The number of aryl methyl sites for hydroxylation is 1. The molecule has 9 nitrogen and oxygen atoms in total. The molecule has 2 N–H and O–H groups in total. The number of para-hydroxylation sites is 1. The van der Waals surface area contributed by atoms with E-state index in [1.54, 1.807) is 6.20 Å². The Kier molecular flexibility index (Phi) is 5.71. The molecule has 0 atom stereocenters. The average molecular weight is 466 g/mol. The first-order valence-corrected chi connectivity index (χ1v) is 12.0. The molecule has 0 bridgehead atoms. The zero-order chi connectivity index (χ0) is 22.8. The van der Waals surface area contributed by atoms with Gasteiger partial charge in [0.05, 0.1) is 30.6 Å². The molecule has 0 radical (unpaired) electrons. The van der Waals surface area contributed by atoms with Gasteiger partial charge in [-0.3, -0.25) is 4.98 Å². The van der Waals surface area contributed by atoms with Gasteiger partial charge in [-0.2, -0.15) is 4.31 Å². The zero-order valence-corrected chi connectivity index (χ0v) is 18.8. The largest absolute Gasteiger partial charge is 0.432 e. The maximum absolute atomic E-state index is 13.6. The van der Waals surface area contributed by atoms with Gasteiger partial charge in [0.1, 0.15) is 11.2 Å². The highest BCUT2D eigenvalue weighted by Crippen LogP contribution is 2.36. The monoisotopic (exact) mass is 465 g/mol. The molecule has 0 spiro atoms. The molecule has 4 aromatic rings. The van der Waals surface area contributed by atoms with E-state index in [2.05, 4.69) is 20.6 Å². The second-order valence-corrected chi connectivity index (χ2v) is 9.55. The van der Waals surface area contributed by atoms with Crippen LogP contribution in [-0.2, 0) is 14.8 Å². The maximum atomic E-state index is 13.6. The summed E-state index contributed by atoms with van der Waals surface area (Å²) in [5, 5.41) is 7.12. The average Bonchev–Trinajstić information content (AvgIpc) is 3.34. The lowest BCUT2D eigenvalue weighted by molar-refractivity contribution is 0.0730. The summed E-state index contributed by atoms with van der Waals surface area (Å²) in [6, 6.07) is 13.6. The highest BCUT2D eigenvalue weighted by atomic mass is 32.2. The number of pyridine rings is 1. The molecule has 0 saturated carbocycles. The summed E-state index contributed by atoms with van der Waals surface area (Å²) in [5.74, 6) is 0. The molecule has 2 aromatic heterocycles. The Balaban J connectivity index is 1.67. The van der Waals surface area contributed by atoms with E-state index in [9.17, 15) is 8.42 Å². The van der Waals surface area contributed by atoms with E-state index in [-0.39, 0.29) is 4.90 Å². The smallest absolute Gasteiger partial charge is 0.299 e. The molecule has 0 aliphatic carbocycles. The standard InChI is InChI=1S/C23H23N5O4S/c1-16-4-2-3-5-19(16)27-22-18-14-17(26-23-24-8-11-32-23)6-7-20(18)25-15-21(22)33(29,30)28-9-12-31-13-10-28/h2-8,11,14-15H,9-10,12-13H2,1H3,(H,24,26)(H,25,27). The Hall–Kier alpha value is -3.47. The van der Waals surface area contributed by atoms with E-state index in [1.807, 2.05) is 49.4 Å². The summed E-state index contributed by atoms with van der Waals surface area (Å²) in [5.41, 5.74) is 3.63. The number of benzene rings is 2. The van der Waals surface area contributed by atoms with Crippen molar-refractivity contribution in [2.45, 2.75) is 11.8 Å². The number of hydrogen-bond donors (Lipinski definition) is 2. The van der Waals surface area contributed by atoms with Crippen molar-refractivity contribution < 1.29 is 17.6 Å². The molecule has 1 fully saturated rings. The molecule has 5 rings (SSSR count). The molecule has 1 aliphatic heterocycles. The minimum Gasteiger partial charge on any atom is -0.432 e. The molecule has 1 aliphatic rings. The van der Waals surface area contributed by atoms with Gasteiger partial charge in [-0.05, 0) is 36.8 Å². The number of ether oxygens (including phenoxy) is 1. The summed E-state index contributed by atoms with van der Waals surface area (Å²) in [7, 11) is -3.80. The van der Waals surface area contributed by atoms with Crippen LogP contribution in [0.3, 0.4) is 0 Å². The summed E-state index contributed by atoms with van der Waals surface area (Å²) in [6.07, 6.45) is 4.45. The number of nitrogens with zero attached hydrogens (tertiary/aromatic N) is 3. The number of rotatable bonds is 6. The number of hydrogen-bond acceptors (Lipinski definition) is 8. The highest BCUT2D eigenvalue weighted by Gasteiger charge is 2.30. The summed E-state index contributed by atoms with van der Waals surface area (Å²) >= 11 is 0. The Morgan fingerprint density at radius 3 is 2.61 bits per heavy atom. The van der Waals surface area contributed by atoms with Crippen LogP contribution in [0.1, 0.15) is 5.56 Å². The van der Waals surface area contributed by atoms with E-state index >= 15 is 0 Å². The Morgan fingerprint density at radius 2 is 1.85 bits per heavy atom. The summed E-state index contributed by atoms with van der Waals surface area (Å²) < 4.78 is 39.3. The number of aromatic nitrogens is 2. The maximum Gasteiger partial charge on any atom is 0.299 e. The third kappa shape index (κ3) is 4.28. The lowest BCUT2D eigenvalue weighted by Crippen LogP contribution is -2.40. The van der Waals surface area contributed by atoms with Crippen molar-refractivity contribution in [3.8, 4) is 0 Å². The van der Waals surface area contributed by atoms with Crippen LogP contribution < -0.4 is 10.6 Å². The van der Waals surface area contributed by atoms with Crippen molar-refractivity contribution >= 4 is 44.0 Å². The van der Waals surface area contributed by atoms with Gasteiger partial charge in [0, 0.05) is 36.0 Å². The van der Waals surface area contributed by atoms with E-state index in [0.717, 1.165) is 11.3 Å². The fraction of sp³-hybridized carbons (Fsp3) is 0.217. The second kappa shape index (κ2) is 8.81. The van der Waals surface area contributed by atoms with Crippen molar-refractivity contribution in [2.24, 2.45) is 0 Å². The van der Waals surface area contributed by atoms with Gasteiger partial charge in [-0.15, -0.1) is 0 Å². The molecule has 0 amide bonds. The molecular formula is C23H23N5O4S. The Labute approximate surface area is 191 Å². The number of sulfonamides is 1. The first kappa shape index (κ1) is 21.4. The first-order valence-electron chi connectivity index (χ1n) is 10.5. The fourth-order valence-electron chi connectivity index (χ4n) is 3.76. The van der Waals surface area contributed by atoms with Crippen molar-refractivity contribution in [2.75, 3.05) is 36.9 Å². The van der Waals surface area contributed by atoms with Crippen LogP contribution >= 0.6 is 0 Å². The SMILES string of the molecule is Cc1ccccc1Nc1c(S(=O)(=O)N2CCOCC2)cnc2ccc(Nc3ncco3)cc12. The van der Waals surface area contributed by atoms with Gasteiger partial charge in [-0.25, -0.2) is 13.4 Å². The van der Waals surface area contributed by atoms with Gasteiger partial charge >= 0.3 is 0 Å². The number of fused-ring (bicyclic) bond motifs is 1. The number of oxazole rings is 1. The molecule has 10 heteroatoms. The van der Waals surface area contributed by atoms with E-state index in [1.165, 1.54) is 16.8 Å². The van der Waals surface area contributed by atoms with Crippen LogP contribution in [0.25, 0.3) is 10.9 Å². The molecule has 1 saturated heterocycles. The van der Waals surface area contributed by atoms with Crippen LogP contribution in [0.15, 0.2) is 70.4 Å². The topological polar surface area (TPSA) is 110 Å². The van der Waals surface area contributed by atoms with Crippen LogP contribution in [0, 0.1) is 6.92 Å². The van der Waals surface area contributed by atoms with Gasteiger partial charge in [0.15, 0.2) is 0 Å². The van der Waals surface area contributed by atoms with Crippen LogP contribution in [0.5, 0.6) is 0 Å². The fourth-order valence-corrected chi connectivity index (χ4v) is 5.27. The van der Waals surface area contributed by atoms with Crippen LogP contribution in [-0.4, -0.2) is 49.0 Å².